The van der Waals surface area contributed by atoms with Crippen molar-refractivity contribution in [1.82, 2.24) is 14.9 Å². The number of aryl methyl sites for hydroxylation is 1. The van der Waals surface area contributed by atoms with Crippen molar-refractivity contribution >= 4 is 23.6 Å². The van der Waals surface area contributed by atoms with Gasteiger partial charge in [-0.25, -0.2) is 23.1 Å². The van der Waals surface area contributed by atoms with Gasteiger partial charge >= 0.3 is 0 Å². The zero-order chi connectivity index (χ0) is 24.0. The molecular formula is C22H26F3N5O2. The van der Waals surface area contributed by atoms with Crippen LogP contribution in [0.15, 0.2) is 37.4 Å². The summed E-state index contributed by atoms with van der Waals surface area (Å²) in [6.07, 6.45) is -1.47. The maximum absolute atomic E-state index is 14.6. The fourth-order valence-electron chi connectivity index (χ4n) is 3.09. The number of alkyl halides is 2. The van der Waals surface area contributed by atoms with Gasteiger partial charge in [-0.1, -0.05) is 36.9 Å². The lowest BCUT2D eigenvalue weighted by atomic mass is 10.0. The van der Waals surface area contributed by atoms with Gasteiger partial charge in [0.1, 0.15) is 23.3 Å². The van der Waals surface area contributed by atoms with E-state index < -0.39 is 36.1 Å². The third kappa shape index (κ3) is 5.64. The van der Waals surface area contributed by atoms with Gasteiger partial charge in [0.15, 0.2) is 0 Å². The normalized spacial score (nSPS) is 12.8. The molecule has 0 radical (unpaired) electrons. The van der Waals surface area contributed by atoms with Crippen LogP contribution in [-0.2, 0) is 4.79 Å². The third-order valence-corrected chi connectivity index (χ3v) is 4.67. The number of carbonyl (C=O) groups excluding carboxylic acids is 1. The van der Waals surface area contributed by atoms with Crippen LogP contribution in [0.2, 0.25) is 0 Å². The first-order chi connectivity index (χ1) is 15.1. The van der Waals surface area contributed by atoms with Crippen molar-refractivity contribution in [2.45, 2.75) is 39.6 Å². The van der Waals surface area contributed by atoms with Crippen LogP contribution in [0.25, 0.3) is 6.08 Å². The van der Waals surface area contributed by atoms with Crippen LogP contribution in [0.3, 0.4) is 0 Å². The molecule has 10 heteroatoms. The molecule has 2 aromatic rings. The minimum Gasteiger partial charge on any atom is -0.363 e. The van der Waals surface area contributed by atoms with Crippen molar-refractivity contribution in [1.29, 1.82) is 0 Å². The highest BCUT2D eigenvalue weighted by Gasteiger charge is 2.23. The highest BCUT2D eigenvalue weighted by Crippen LogP contribution is 2.31. The second kappa shape index (κ2) is 10.8. The van der Waals surface area contributed by atoms with E-state index in [-0.39, 0.29) is 23.7 Å². The van der Waals surface area contributed by atoms with Gasteiger partial charge in [0.2, 0.25) is 12.3 Å². The van der Waals surface area contributed by atoms with Crippen LogP contribution in [0.5, 0.6) is 0 Å². The molecule has 1 heterocycles. The van der Waals surface area contributed by atoms with Gasteiger partial charge in [0.05, 0.1) is 17.2 Å². The van der Waals surface area contributed by atoms with Crippen molar-refractivity contribution in [2.75, 3.05) is 17.2 Å². The molecule has 1 aromatic carbocycles. The number of benzene rings is 1. The van der Waals surface area contributed by atoms with Crippen LogP contribution in [0, 0.1) is 12.7 Å². The highest BCUT2D eigenvalue weighted by molar-refractivity contribution is 5.75. The Kier molecular flexibility index (Phi) is 8.36. The Morgan fingerprint density at radius 3 is 2.34 bits per heavy atom. The van der Waals surface area contributed by atoms with Crippen LogP contribution in [0.1, 0.15) is 48.8 Å². The molecule has 0 spiro atoms. The maximum atomic E-state index is 14.6. The van der Waals surface area contributed by atoms with Crippen LogP contribution >= 0.6 is 0 Å². The number of hydrogen-bond donors (Lipinski definition) is 3. The summed E-state index contributed by atoms with van der Waals surface area (Å²) in [7, 11) is 0. The first kappa shape index (κ1) is 24.9. The molecule has 2 rings (SSSR count). The first-order valence-electron chi connectivity index (χ1n) is 9.77. The molecule has 1 aromatic heterocycles. The molecule has 32 heavy (non-hydrogen) atoms. The van der Waals surface area contributed by atoms with Crippen LogP contribution in [-0.4, -0.2) is 38.8 Å². The second-order valence-corrected chi connectivity index (χ2v) is 6.98. The van der Waals surface area contributed by atoms with E-state index in [0.29, 0.717) is 11.4 Å². The Bertz CT molecular complexity index is 1000. The summed E-state index contributed by atoms with van der Waals surface area (Å²) in [5.74, 6) is -0.665. The van der Waals surface area contributed by atoms with E-state index in [4.69, 9.17) is 0 Å². The lowest BCUT2D eigenvalue weighted by molar-refractivity contribution is -0.136. The number of hydrogen-bond acceptors (Lipinski definition) is 6. The predicted octanol–water partition coefficient (Wildman–Crippen LogP) is 4.40. The fourth-order valence-corrected chi connectivity index (χ4v) is 3.09. The number of rotatable bonds is 10. The minimum atomic E-state index is -2.94. The summed E-state index contributed by atoms with van der Waals surface area (Å²) in [5.41, 5.74) is -0.303. The standard InChI is InChI=1S/C22H26F3N5O2/c1-6-11-30(14(5)31)22(32)29-21-15(7-2)20(27-13(4)28-21)26-12(3)16-9-8-10-17(18(16)23)19(24)25/h6-10,12,19,22,32H,1-2,11H2,3-5H3,(H2,26,27,28,29)/t12-,22?/m1/s1. The first-order valence-corrected chi connectivity index (χ1v) is 9.77. The van der Waals surface area contributed by atoms with E-state index in [2.05, 4.69) is 33.8 Å². The summed E-state index contributed by atoms with van der Waals surface area (Å²) in [6.45, 7) is 11.9. The predicted molar refractivity (Wildman–Crippen MR) is 117 cm³/mol. The summed E-state index contributed by atoms with van der Waals surface area (Å²) < 4.78 is 40.7. The molecule has 1 unspecified atom stereocenters. The maximum Gasteiger partial charge on any atom is 0.266 e. The molecule has 2 atom stereocenters. The molecule has 0 fully saturated rings. The van der Waals surface area contributed by atoms with Gasteiger partial charge < -0.3 is 15.7 Å². The molecular weight excluding hydrogens is 423 g/mol. The number of aliphatic hydroxyl groups is 1. The number of halogens is 3. The van der Waals surface area contributed by atoms with E-state index >= 15 is 0 Å². The Morgan fingerprint density at radius 1 is 1.22 bits per heavy atom. The summed E-state index contributed by atoms with van der Waals surface area (Å²) in [5, 5.41) is 16.2. The number of nitrogens with zero attached hydrogens (tertiary/aromatic N) is 3. The van der Waals surface area contributed by atoms with Crippen molar-refractivity contribution in [3.63, 3.8) is 0 Å². The Morgan fingerprint density at radius 2 is 1.81 bits per heavy atom. The molecule has 0 saturated heterocycles. The molecule has 7 nitrogen and oxygen atoms in total. The van der Waals surface area contributed by atoms with Gasteiger partial charge in [-0.2, -0.15) is 0 Å². The van der Waals surface area contributed by atoms with Crippen molar-refractivity contribution in [3.8, 4) is 0 Å². The van der Waals surface area contributed by atoms with Gasteiger partial charge in [-0.15, -0.1) is 6.58 Å². The van der Waals surface area contributed by atoms with E-state index in [1.165, 1.54) is 31.2 Å². The average Bonchev–Trinajstić information content (AvgIpc) is 2.71. The SMILES string of the molecule is C=CCN(C(C)=O)C(O)Nc1nc(C)nc(N[C@H](C)c2cccc(C(F)F)c2F)c1C=C. The Balaban J connectivity index is 2.39. The van der Waals surface area contributed by atoms with E-state index in [1.807, 2.05) is 0 Å². The average molecular weight is 449 g/mol. The number of nitrogens with one attached hydrogen (secondary N) is 2. The number of carbonyl (C=O) groups is 1. The van der Waals surface area contributed by atoms with Gasteiger partial charge in [0, 0.05) is 19.0 Å². The summed E-state index contributed by atoms with van der Waals surface area (Å²) in [6, 6.07) is 3.07. The zero-order valence-electron chi connectivity index (χ0n) is 18.1. The molecule has 0 aliphatic rings. The number of aliphatic hydroxyl groups excluding tert-OH is 1. The third-order valence-electron chi connectivity index (χ3n) is 4.67. The largest absolute Gasteiger partial charge is 0.363 e. The van der Waals surface area contributed by atoms with Crippen molar-refractivity contribution < 1.29 is 23.1 Å². The van der Waals surface area contributed by atoms with Gasteiger partial charge in [-0.3, -0.25) is 9.69 Å². The number of anilines is 2. The topological polar surface area (TPSA) is 90.4 Å². The lowest BCUT2D eigenvalue weighted by Crippen LogP contribution is -2.44. The summed E-state index contributed by atoms with van der Waals surface area (Å²) in [4.78, 5) is 21.5. The quantitative estimate of drug-likeness (QED) is 0.368. The molecule has 0 saturated carbocycles. The Hall–Kier alpha value is -3.40. The number of amides is 1. The Labute approximate surface area is 184 Å². The van der Waals surface area contributed by atoms with Crippen molar-refractivity contribution in [2.24, 2.45) is 0 Å². The minimum absolute atomic E-state index is 0.0392. The van der Waals surface area contributed by atoms with E-state index in [9.17, 15) is 23.1 Å². The molecule has 172 valence electrons. The number of aromatic nitrogens is 2. The van der Waals surface area contributed by atoms with Gasteiger partial charge in [0.25, 0.3) is 6.43 Å². The highest BCUT2D eigenvalue weighted by atomic mass is 19.3. The van der Waals surface area contributed by atoms with Crippen molar-refractivity contribution in [3.05, 3.63) is 65.8 Å². The molecule has 0 bridgehead atoms. The summed E-state index contributed by atoms with van der Waals surface area (Å²) >= 11 is 0. The van der Waals surface area contributed by atoms with E-state index in [1.54, 1.807) is 13.8 Å². The molecule has 1 amide bonds. The monoisotopic (exact) mass is 449 g/mol. The smallest absolute Gasteiger partial charge is 0.266 e. The lowest BCUT2D eigenvalue weighted by Gasteiger charge is -2.27. The van der Waals surface area contributed by atoms with Crippen LogP contribution < -0.4 is 10.6 Å². The zero-order valence-corrected chi connectivity index (χ0v) is 18.1. The second-order valence-electron chi connectivity index (χ2n) is 6.98. The van der Waals surface area contributed by atoms with Gasteiger partial charge in [-0.05, 0) is 13.8 Å². The fraction of sp³-hybridized carbons (Fsp3) is 0.318. The van der Waals surface area contributed by atoms with E-state index in [0.717, 1.165) is 11.0 Å². The molecule has 0 aliphatic heterocycles. The molecule has 3 N–H and O–H groups in total. The molecule has 0 aliphatic carbocycles. The van der Waals surface area contributed by atoms with Crippen LogP contribution in [0.4, 0.5) is 24.8 Å².